The summed E-state index contributed by atoms with van der Waals surface area (Å²) in [6.45, 7) is 4.27. The maximum atomic E-state index is 12.9. The van der Waals surface area contributed by atoms with Crippen molar-refractivity contribution in [2.75, 3.05) is 12.9 Å². The van der Waals surface area contributed by atoms with E-state index in [0.717, 1.165) is 44.2 Å². The number of aromatic nitrogens is 1. The molecule has 0 aromatic carbocycles. The number of fused-ring (bicyclic) bond motifs is 1. The third-order valence-electron chi connectivity index (χ3n) is 6.12. The molecule has 2 aliphatic rings. The first-order valence-corrected chi connectivity index (χ1v) is 13.0. The van der Waals surface area contributed by atoms with Crippen LogP contribution in [0.1, 0.15) is 69.2 Å². The molecule has 0 bridgehead atoms. The number of aryl methyl sites for hydroxylation is 2. The summed E-state index contributed by atoms with van der Waals surface area (Å²) in [4.78, 5) is 12.9. The van der Waals surface area contributed by atoms with Crippen LogP contribution in [0.3, 0.4) is 0 Å². The lowest BCUT2D eigenvalue weighted by Crippen LogP contribution is -2.49. The van der Waals surface area contributed by atoms with E-state index < -0.39 is 10.0 Å². The van der Waals surface area contributed by atoms with E-state index >= 15 is 0 Å². The van der Waals surface area contributed by atoms with Gasteiger partial charge in [0.1, 0.15) is 0 Å². The number of hydrogen-bond donors (Lipinski definition) is 1. The third-order valence-corrected chi connectivity index (χ3v) is 6.85. The van der Waals surface area contributed by atoms with Gasteiger partial charge in [0, 0.05) is 29.6 Å². The van der Waals surface area contributed by atoms with Gasteiger partial charge in [-0.1, -0.05) is 18.9 Å². The number of nitrogens with zero attached hydrogens (tertiary/aromatic N) is 1. The molecule has 1 fully saturated rings. The Morgan fingerprint density at radius 3 is 2.60 bits per heavy atom. The molecule has 1 N–H and O–H groups in total. The van der Waals surface area contributed by atoms with Gasteiger partial charge in [-0.05, 0) is 57.9 Å². The quantitative estimate of drug-likeness (QED) is 0.699. The van der Waals surface area contributed by atoms with E-state index in [1.165, 1.54) is 6.26 Å². The molecule has 30 heavy (non-hydrogen) atoms. The molecule has 1 aliphatic carbocycles. The Labute approximate surface area is 180 Å². The lowest BCUT2D eigenvalue weighted by molar-refractivity contribution is -0.00299. The Hall–Kier alpha value is -1.62. The molecule has 0 saturated heterocycles. The second-order valence-corrected chi connectivity index (χ2v) is 10.4. The van der Waals surface area contributed by atoms with Crippen molar-refractivity contribution < 1.29 is 13.2 Å². The fourth-order valence-corrected chi connectivity index (χ4v) is 5.31. The number of hydrogen-bond acceptors (Lipinski definition) is 4. The van der Waals surface area contributed by atoms with E-state index in [2.05, 4.69) is 23.5 Å². The number of nitrogens with one attached hydrogen (secondary N) is 1. The van der Waals surface area contributed by atoms with Crippen molar-refractivity contribution in [1.29, 1.82) is 0 Å². The average Bonchev–Trinajstić information content (AvgIpc) is 2.70. The first-order chi connectivity index (χ1) is 14.3. The molecule has 0 spiro atoms. The molecule has 3 rings (SSSR count). The molecule has 2 atom stereocenters. The van der Waals surface area contributed by atoms with Gasteiger partial charge < -0.3 is 9.30 Å². The van der Waals surface area contributed by atoms with Crippen molar-refractivity contribution in [3.63, 3.8) is 0 Å². The zero-order valence-corrected chi connectivity index (χ0v) is 19.1. The van der Waals surface area contributed by atoms with Crippen molar-refractivity contribution in [2.45, 2.75) is 83.4 Å². The van der Waals surface area contributed by atoms with Crippen molar-refractivity contribution in [3.05, 3.63) is 33.7 Å². The molecule has 6 nitrogen and oxygen atoms in total. The Morgan fingerprint density at radius 2 is 1.93 bits per heavy atom. The molecular weight excluding hydrogens is 400 g/mol. The number of rotatable bonds is 6. The highest BCUT2D eigenvalue weighted by Gasteiger charge is 2.33. The highest BCUT2D eigenvalue weighted by atomic mass is 32.2. The fourth-order valence-electron chi connectivity index (χ4n) is 4.49. The lowest BCUT2D eigenvalue weighted by Gasteiger charge is -2.36. The number of ether oxygens (including phenoxy) is 1. The maximum Gasteiger partial charge on any atom is 0.254 e. The Balaban J connectivity index is 1.70. The van der Waals surface area contributed by atoms with E-state index in [9.17, 15) is 13.2 Å². The molecule has 1 aromatic heterocycles. The second-order valence-electron chi connectivity index (χ2n) is 8.66. The van der Waals surface area contributed by atoms with Crippen LogP contribution in [-0.2, 0) is 21.2 Å². The summed E-state index contributed by atoms with van der Waals surface area (Å²) in [5.41, 5.74) is 1.55. The van der Waals surface area contributed by atoms with Crippen molar-refractivity contribution >= 4 is 10.0 Å². The molecule has 166 valence electrons. The monoisotopic (exact) mass is 434 g/mol. The van der Waals surface area contributed by atoms with Crippen LogP contribution in [0.2, 0.25) is 0 Å². The summed E-state index contributed by atoms with van der Waals surface area (Å²) in [5.74, 6) is 7.09. The van der Waals surface area contributed by atoms with Gasteiger partial charge in [-0.3, -0.25) is 4.79 Å². The summed E-state index contributed by atoms with van der Waals surface area (Å²) >= 11 is 0. The van der Waals surface area contributed by atoms with E-state index in [1.807, 2.05) is 12.1 Å². The predicted molar refractivity (Wildman–Crippen MR) is 119 cm³/mol. The minimum absolute atomic E-state index is 0.0593. The minimum atomic E-state index is -3.38. The minimum Gasteiger partial charge on any atom is -0.376 e. The average molecular weight is 435 g/mol. The first-order valence-electron chi connectivity index (χ1n) is 11.1. The van der Waals surface area contributed by atoms with Gasteiger partial charge in [0.25, 0.3) is 5.56 Å². The summed E-state index contributed by atoms with van der Waals surface area (Å²) in [6, 6.07) is 3.14. The smallest absolute Gasteiger partial charge is 0.254 e. The molecule has 1 aromatic rings. The van der Waals surface area contributed by atoms with Crippen LogP contribution in [-0.4, -0.2) is 38.0 Å². The third kappa shape index (κ3) is 5.96. The summed E-state index contributed by atoms with van der Waals surface area (Å²) < 4.78 is 34.6. The van der Waals surface area contributed by atoms with Crippen LogP contribution < -0.4 is 10.3 Å². The van der Waals surface area contributed by atoms with Gasteiger partial charge in [0.05, 0.1) is 25.0 Å². The van der Waals surface area contributed by atoms with Crippen molar-refractivity contribution in [3.8, 4) is 11.8 Å². The van der Waals surface area contributed by atoms with Gasteiger partial charge in [0.2, 0.25) is 10.0 Å². The van der Waals surface area contributed by atoms with Gasteiger partial charge in [-0.2, -0.15) is 0 Å². The zero-order chi connectivity index (χ0) is 21.7. The molecule has 2 heterocycles. The van der Waals surface area contributed by atoms with Crippen LogP contribution in [0.25, 0.3) is 0 Å². The van der Waals surface area contributed by atoms with Gasteiger partial charge in [0.15, 0.2) is 0 Å². The Kier molecular flexibility index (Phi) is 7.78. The summed E-state index contributed by atoms with van der Waals surface area (Å²) in [6.07, 6.45) is 8.66. The largest absolute Gasteiger partial charge is 0.376 e. The van der Waals surface area contributed by atoms with Gasteiger partial charge in [-0.15, -0.1) is 5.92 Å². The van der Waals surface area contributed by atoms with Gasteiger partial charge >= 0.3 is 0 Å². The van der Waals surface area contributed by atoms with Gasteiger partial charge in [-0.25, -0.2) is 13.1 Å². The predicted octanol–water partition coefficient (Wildman–Crippen LogP) is 2.94. The normalized spacial score (nSPS) is 26.5. The van der Waals surface area contributed by atoms with E-state index in [1.54, 1.807) is 11.5 Å². The fraction of sp³-hybridized carbons (Fsp3) is 0.696. The van der Waals surface area contributed by atoms with Crippen LogP contribution in [0.4, 0.5) is 0 Å². The second kappa shape index (κ2) is 10.1. The van der Waals surface area contributed by atoms with Crippen LogP contribution in [0.5, 0.6) is 0 Å². The van der Waals surface area contributed by atoms with Crippen LogP contribution in [0.15, 0.2) is 16.9 Å². The zero-order valence-electron chi connectivity index (χ0n) is 18.3. The SMILES string of the molecule is CCCC#CC1CCC(OC[C@H]2[C@@H](NS(C)(=O)=O)CCc3ccc(C)c(=O)n32)CC1. The molecule has 1 aliphatic heterocycles. The topological polar surface area (TPSA) is 77.4 Å². The molecular formula is C23H34N2O4S. The lowest BCUT2D eigenvalue weighted by atomic mass is 9.87. The molecule has 1 saturated carbocycles. The summed E-state index contributed by atoms with van der Waals surface area (Å²) in [7, 11) is -3.38. The number of unbranched alkanes of at least 4 members (excludes halogenated alkanes) is 1. The standard InChI is InChI=1S/C23H34N2O4S/c1-4-5-6-7-18-9-13-20(14-10-18)29-16-22-21(24-30(3,27)28)15-12-19-11-8-17(2)23(26)25(19)22/h8,11,18,20-22,24H,4-5,9-10,12-16H2,1-3H3/t18?,20?,21-,22-/m0/s1. The molecule has 7 heteroatoms. The Morgan fingerprint density at radius 1 is 1.20 bits per heavy atom. The highest BCUT2D eigenvalue weighted by Crippen LogP contribution is 2.29. The first kappa shape index (κ1) is 23.1. The van der Waals surface area contributed by atoms with Crippen molar-refractivity contribution in [2.24, 2.45) is 5.92 Å². The Bertz CT molecular complexity index is 950. The number of sulfonamides is 1. The van der Waals surface area contributed by atoms with Crippen LogP contribution >= 0.6 is 0 Å². The van der Waals surface area contributed by atoms with E-state index in [0.29, 0.717) is 30.9 Å². The van der Waals surface area contributed by atoms with E-state index in [-0.39, 0.29) is 23.7 Å². The highest BCUT2D eigenvalue weighted by molar-refractivity contribution is 7.88. The maximum absolute atomic E-state index is 12.9. The van der Waals surface area contributed by atoms with E-state index in [4.69, 9.17) is 4.74 Å². The van der Waals surface area contributed by atoms with Crippen molar-refractivity contribution in [1.82, 2.24) is 9.29 Å². The molecule has 0 unspecified atom stereocenters. The molecule has 0 amide bonds. The molecule has 0 radical (unpaired) electrons. The summed E-state index contributed by atoms with van der Waals surface area (Å²) in [5, 5.41) is 0. The number of pyridine rings is 1. The van der Waals surface area contributed by atoms with Crippen LogP contribution in [0, 0.1) is 24.7 Å².